The van der Waals surface area contributed by atoms with Crippen LogP contribution in [0.1, 0.15) is 10.6 Å². The number of hydrogen-bond acceptors (Lipinski definition) is 4. The molecular weight excluding hydrogens is 220 g/mol. The summed E-state index contributed by atoms with van der Waals surface area (Å²) in [5.41, 5.74) is 1.81. The highest BCUT2D eigenvalue weighted by atomic mass is 16.7. The molecule has 5 nitrogen and oxygen atoms in total. The van der Waals surface area contributed by atoms with Crippen molar-refractivity contribution in [2.75, 3.05) is 6.79 Å². The van der Waals surface area contributed by atoms with Crippen molar-refractivity contribution in [2.45, 2.75) is 0 Å². The number of ether oxygens (including phenoxy) is 2. The lowest BCUT2D eigenvalue weighted by atomic mass is 10.1. The molecule has 0 fully saturated rings. The van der Waals surface area contributed by atoms with Gasteiger partial charge in [-0.05, 0) is 18.2 Å². The zero-order valence-corrected chi connectivity index (χ0v) is 9.21. The fourth-order valence-corrected chi connectivity index (χ4v) is 1.86. The van der Waals surface area contributed by atoms with E-state index in [2.05, 4.69) is 4.98 Å². The van der Waals surface area contributed by atoms with Crippen molar-refractivity contribution >= 4 is 6.29 Å². The number of aromatic nitrogens is 2. The van der Waals surface area contributed by atoms with E-state index < -0.39 is 0 Å². The minimum absolute atomic E-state index is 0.254. The van der Waals surface area contributed by atoms with Gasteiger partial charge >= 0.3 is 0 Å². The Bertz CT molecular complexity index is 589. The van der Waals surface area contributed by atoms with Crippen molar-refractivity contribution in [3.05, 3.63) is 30.2 Å². The second-order valence-corrected chi connectivity index (χ2v) is 3.75. The summed E-state index contributed by atoms with van der Waals surface area (Å²) >= 11 is 0. The first-order valence-corrected chi connectivity index (χ1v) is 5.16. The fourth-order valence-electron chi connectivity index (χ4n) is 1.86. The molecule has 1 aliphatic heterocycles. The van der Waals surface area contributed by atoms with Crippen LogP contribution in [-0.4, -0.2) is 22.6 Å². The van der Waals surface area contributed by atoms with Crippen molar-refractivity contribution in [3.8, 4) is 22.8 Å². The first kappa shape index (κ1) is 9.89. The zero-order chi connectivity index (χ0) is 11.8. The predicted octanol–water partition coefficient (Wildman–Crippen LogP) is 1.63. The first-order valence-electron chi connectivity index (χ1n) is 5.16. The summed E-state index contributed by atoms with van der Waals surface area (Å²) in [4.78, 5) is 14.8. The monoisotopic (exact) mass is 230 g/mol. The van der Waals surface area contributed by atoms with Crippen LogP contribution in [0.5, 0.6) is 11.5 Å². The molecule has 2 aromatic rings. The summed E-state index contributed by atoms with van der Waals surface area (Å²) < 4.78 is 12.3. The van der Waals surface area contributed by atoms with Gasteiger partial charge in [-0.2, -0.15) is 0 Å². The van der Waals surface area contributed by atoms with Crippen molar-refractivity contribution in [3.63, 3.8) is 0 Å². The van der Waals surface area contributed by atoms with E-state index in [1.54, 1.807) is 17.8 Å². The summed E-state index contributed by atoms with van der Waals surface area (Å²) in [6.07, 6.45) is 2.40. The molecule has 1 aliphatic rings. The summed E-state index contributed by atoms with van der Waals surface area (Å²) in [5, 5.41) is 0. The standard InChI is InChI=1S/C12H10N2O3/c1-14-9(5-13-12(14)6-15)8-2-3-10-11(4-8)17-7-16-10/h2-6H,7H2,1H3. The third kappa shape index (κ3) is 1.47. The summed E-state index contributed by atoms with van der Waals surface area (Å²) in [5.74, 6) is 1.86. The lowest BCUT2D eigenvalue weighted by molar-refractivity contribution is 0.111. The van der Waals surface area contributed by atoms with Crippen LogP contribution in [0.4, 0.5) is 0 Å². The number of hydrogen-bond donors (Lipinski definition) is 0. The SMILES string of the molecule is Cn1c(-c2ccc3c(c2)OCO3)cnc1C=O. The van der Waals surface area contributed by atoms with E-state index >= 15 is 0 Å². The number of rotatable bonds is 2. The molecule has 2 heterocycles. The van der Waals surface area contributed by atoms with Gasteiger partial charge in [-0.25, -0.2) is 4.98 Å². The normalized spacial score (nSPS) is 12.8. The Morgan fingerprint density at radius 1 is 1.35 bits per heavy atom. The molecule has 0 spiro atoms. The number of carbonyl (C=O) groups excluding carboxylic acids is 1. The van der Waals surface area contributed by atoms with E-state index in [0.29, 0.717) is 5.82 Å². The summed E-state index contributed by atoms with van der Waals surface area (Å²) in [7, 11) is 1.80. The Kier molecular flexibility index (Phi) is 2.11. The molecular formula is C12H10N2O3. The van der Waals surface area contributed by atoms with Crippen molar-refractivity contribution in [2.24, 2.45) is 7.05 Å². The Balaban J connectivity index is 2.09. The molecule has 17 heavy (non-hydrogen) atoms. The molecule has 0 atom stereocenters. The van der Waals surface area contributed by atoms with E-state index in [-0.39, 0.29) is 6.79 Å². The van der Waals surface area contributed by atoms with E-state index in [4.69, 9.17) is 9.47 Å². The molecule has 0 N–H and O–H groups in total. The van der Waals surface area contributed by atoms with Crippen LogP contribution in [-0.2, 0) is 7.05 Å². The van der Waals surface area contributed by atoms with E-state index in [1.165, 1.54) is 0 Å². The summed E-state index contributed by atoms with van der Waals surface area (Å²) in [6.45, 7) is 0.254. The average Bonchev–Trinajstić information content (AvgIpc) is 2.94. The molecule has 0 radical (unpaired) electrons. The van der Waals surface area contributed by atoms with Crippen LogP contribution in [0.2, 0.25) is 0 Å². The molecule has 0 saturated carbocycles. The lowest BCUT2D eigenvalue weighted by Gasteiger charge is -2.04. The van der Waals surface area contributed by atoms with Crippen molar-refractivity contribution in [1.29, 1.82) is 0 Å². The molecule has 0 unspecified atom stereocenters. The topological polar surface area (TPSA) is 53.4 Å². The number of carbonyl (C=O) groups is 1. The van der Waals surface area contributed by atoms with Gasteiger partial charge in [0.25, 0.3) is 0 Å². The highest BCUT2D eigenvalue weighted by molar-refractivity contribution is 5.73. The van der Waals surface area contributed by atoms with Gasteiger partial charge in [0, 0.05) is 12.6 Å². The minimum Gasteiger partial charge on any atom is -0.454 e. The first-order chi connectivity index (χ1) is 8.29. The number of aldehydes is 1. The van der Waals surface area contributed by atoms with Gasteiger partial charge in [-0.15, -0.1) is 0 Å². The second kappa shape index (κ2) is 3.62. The van der Waals surface area contributed by atoms with Gasteiger partial charge in [0.1, 0.15) is 0 Å². The predicted molar refractivity (Wildman–Crippen MR) is 60.2 cm³/mol. The van der Waals surface area contributed by atoms with Gasteiger partial charge in [0.2, 0.25) is 6.79 Å². The Morgan fingerprint density at radius 2 is 2.18 bits per heavy atom. The molecule has 3 rings (SSSR count). The summed E-state index contributed by atoms with van der Waals surface area (Å²) in [6, 6.07) is 5.65. The highest BCUT2D eigenvalue weighted by Crippen LogP contribution is 2.35. The maximum Gasteiger partial charge on any atom is 0.231 e. The van der Waals surface area contributed by atoms with Gasteiger partial charge in [-0.3, -0.25) is 4.79 Å². The molecule has 0 saturated heterocycles. The van der Waals surface area contributed by atoms with Gasteiger partial charge in [0.15, 0.2) is 23.6 Å². The highest BCUT2D eigenvalue weighted by Gasteiger charge is 2.15. The lowest BCUT2D eigenvalue weighted by Crippen LogP contribution is -1.97. The quantitative estimate of drug-likeness (QED) is 0.736. The van der Waals surface area contributed by atoms with Crippen LogP contribution in [0.15, 0.2) is 24.4 Å². The van der Waals surface area contributed by atoms with Crippen molar-refractivity contribution < 1.29 is 14.3 Å². The van der Waals surface area contributed by atoms with E-state index in [0.717, 1.165) is 29.0 Å². The number of nitrogens with zero attached hydrogens (tertiary/aromatic N) is 2. The number of benzene rings is 1. The zero-order valence-electron chi connectivity index (χ0n) is 9.21. The maximum absolute atomic E-state index is 10.7. The third-order valence-corrected chi connectivity index (χ3v) is 2.80. The Morgan fingerprint density at radius 3 is 2.94 bits per heavy atom. The fraction of sp³-hybridized carbons (Fsp3) is 0.167. The van der Waals surface area contributed by atoms with Gasteiger partial charge in [-0.1, -0.05) is 0 Å². The van der Waals surface area contributed by atoms with Crippen molar-refractivity contribution in [1.82, 2.24) is 9.55 Å². The molecule has 0 amide bonds. The van der Waals surface area contributed by atoms with Crippen LogP contribution in [0.25, 0.3) is 11.3 Å². The van der Waals surface area contributed by atoms with Gasteiger partial charge in [0.05, 0.1) is 11.9 Å². The number of fused-ring (bicyclic) bond motifs is 1. The van der Waals surface area contributed by atoms with Crippen LogP contribution < -0.4 is 9.47 Å². The maximum atomic E-state index is 10.7. The van der Waals surface area contributed by atoms with Gasteiger partial charge < -0.3 is 14.0 Å². The molecule has 5 heteroatoms. The Hall–Kier alpha value is -2.30. The molecule has 1 aromatic carbocycles. The average molecular weight is 230 g/mol. The molecule has 0 aliphatic carbocycles. The van der Waals surface area contributed by atoms with Crippen LogP contribution in [0, 0.1) is 0 Å². The van der Waals surface area contributed by atoms with Crippen LogP contribution >= 0.6 is 0 Å². The Labute approximate surface area is 97.6 Å². The van der Waals surface area contributed by atoms with E-state index in [1.807, 2.05) is 18.2 Å². The van der Waals surface area contributed by atoms with E-state index in [9.17, 15) is 4.79 Å². The molecule has 0 bridgehead atoms. The second-order valence-electron chi connectivity index (χ2n) is 3.75. The molecule has 1 aromatic heterocycles. The number of imidazole rings is 1. The molecule has 86 valence electrons. The minimum atomic E-state index is 0.254. The van der Waals surface area contributed by atoms with Crippen LogP contribution in [0.3, 0.4) is 0 Å². The largest absolute Gasteiger partial charge is 0.454 e. The smallest absolute Gasteiger partial charge is 0.231 e. The third-order valence-electron chi connectivity index (χ3n) is 2.80.